The minimum atomic E-state index is -3.00. The Bertz CT molecular complexity index is 490. The first kappa shape index (κ1) is 24.4. The number of hydrogen-bond donors (Lipinski definition) is 0. The third-order valence-electron chi connectivity index (χ3n) is 4.36. The van der Waals surface area contributed by atoms with Crippen LogP contribution in [0.25, 0.3) is 0 Å². The van der Waals surface area contributed by atoms with Crippen LogP contribution in [0.4, 0.5) is 0 Å². The quantitative estimate of drug-likeness (QED) is 0.476. The van der Waals surface area contributed by atoms with Crippen LogP contribution in [0.1, 0.15) is 53.4 Å². The summed E-state index contributed by atoms with van der Waals surface area (Å²) in [7, 11) is 48.6. The molecule has 0 N–H and O–H groups in total. The molecule has 0 bridgehead atoms. The van der Waals surface area contributed by atoms with Crippen LogP contribution in [0.15, 0.2) is 9.49 Å². The molecule has 108 valence electrons. The molecular weight excluding hydrogens is 328 g/mol. The van der Waals surface area contributed by atoms with Gasteiger partial charge >= 0.3 is 22.7 Å². The molecule has 2 nitrogen and oxygen atoms in total. The van der Waals surface area contributed by atoms with E-state index in [1.54, 1.807) is 0 Å². The Balaban J connectivity index is 6.58. The summed E-state index contributed by atoms with van der Waals surface area (Å²) in [5.74, 6) is 0. The van der Waals surface area contributed by atoms with Gasteiger partial charge in [0.15, 0.2) is 0 Å². The van der Waals surface area contributed by atoms with Crippen molar-refractivity contribution in [1.29, 1.82) is 0 Å². The zero-order chi connectivity index (χ0) is 18.7. The summed E-state index contributed by atoms with van der Waals surface area (Å²) in [5.41, 5.74) is 0. The summed E-state index contributed by atoms with van der Waals surface area (Å²) in [5, 5.41) is -1.78. The smallest absolute Gasteiger partial charge is 0.322 e. The van der Waals surface area contributed by atoms with Crippen molar-refractivity contribution >= 4 is 80.9 Å². The second kappa shape index (κ2) is 8.40. The van der Waals surface area contributed by atoms with Gasteiger partial charge in [0.05, 0.1) is 5.28 Å². The van der Waals surface area contributed by atoms with Crippen molar-refractivity contribution in [2.75, 3.05) is 0 Å². The van der Waals surface area contributed by atoms with Crippen molar-refractivity contribution in [3.63, 3.8) is 0 Å². The van der Waals surface area contributed by atoms with E-state index in [1.165, 1.54) is 0 Å². The van der Waals surface area contributed by atoms with Crippen molar-refractivity contribution < 1.29 is 0 Å². The second-order valence-corrected chi connectivity index (χ2v) is 12.7. The molecule has 0 aromatic rings. The molecule has 0 aromatic heterocycles. The van der Waals surface area contributed by atoms with Crippen molar-refractivity contribution in [2.45, 2.75) is 63.9 Å². The summed E-state index contributed by atoms with van der Waals surface area (Å²) in [6.07, 6.45) is 2.09. The van der Waals surface area contributed by atoms with Crippen molar-refractivity contribution in [3.8, 4) is 0 Å². The van der Waals surface area contributed by atoms with E-state index in [2.05, 4.69) is 4.74 Å². The molecule has 0 fully saturated rings. The van der Waals surface area contributed by atoms with Gasteiger partial charge in [-0.3, -0.25) is 4.74 Å². The monoisotopic (exact) mass is 349 g/mol. The van der Waals surface area contributed by atoms with Crippen LogP contribution < -0.4 is 0 Å². The molecule has 0 aliphatic carbocycles. The van der Waals surface area contributed by atoms with Gasteiger partial charge in [0.25, 0.3) is 0 Å². The summed E-state index contributed by atoms with van der Waals surface area (Å²) in [6.45, 7) is -1.12. The van der Waals surface area contributed by atoms with Crippen LogP contribution in [0.5, 0.6) is 0 Å². The zero-order valence-corrected chi connectivity index (χ0v) is 17.4. The highest BCUT2D eigenvalue weighted by Gasteiger charge is 2.46. The van der Waals surface area contributed by atoms with Gasteiger partial charge in [-0.25, -0.2) is 0 Å². The van der Waals surface area contributed by atoms with Crippen LogP contribution in [0, 0.1) is 0 Å². The summed E-state index contributed by atoms with van der Waals surface area (Å²) in [4.78, 5) is 0. The van der Waals surface area contributed by atoms with Gasteiger partial charge < -0.3 is 4.74 Å². The van der Waals surface area contributed by atoms with Crippen LogP contribution in [-0.4, -0.2) is 71.1 Å². The Hall–Kier alpha value is 1.41. The summed E-state index contributed by atoms with van der Waals surface area (Å²) < 4.78 is 9.17. The Morgan fingerprint density at radius 2 is 1.13 bits per heavy atom. The fourth-order valence-corrected chi connectivity index (χ4v) is 8.93. The maximum Gasteiger partial charge on any atom is 0.325 e. The third-order valence-corrected chi connectivity index (χ3v) is 10.4. The van der Waals surface area contributed by atoms with Crippen LogP contribution in [0.2, 0.25) is 0 Å². The predicted molar refractivity (Wildman–Crippen MR) is 118 cm³/mol. The van der Waals surface area contributed by atoms with E-state index < -0.39 is 31.0 Å². The van der Waals surface area contributed by atoms with Gasteiger partial charge in [-0.2, -0.15) is 6.69 Å². The van der Waals surface area contributed by atoms with E-state index >= 15 is 0 Å². The molecule has 0 spiro atoms. The Kier molecular flexibility index (Phi) is 8.92. The van der Waals surface area contributed by atoms with Crippen LogP contribution in [-0.2, 0) is 0 Å². The van der Waals surface area contributed by atoms with E-state index in [0.717, 1.165) is 0 Å². The van der Waals surface area contributed by atoms with E-state index in [-0.39, 0.29) is 0 Å². The average molecular weight is 348 g/mol. The molecule has 0 heterocycles. The van der Waals surface area contributed by atoms with E-state index in [0.29, 0.717) is 25.7 Å². The maximum absolute atomic E-state index is 6.49. The van der Waals surface area contributed by atoms with E-state index in [9.17, 15) is 0 Å². The molecule has 0 atom stereocenters. The molecule has 0 amide bonds. The van der Waals surface area contributed by atoms with Crippen LogP contribution in [0.3, 0.4) is 0 Å². The molecule has 0 rings (SSSR count). The van der Waals surface area contributed by atoms with Gasteiger partial charge in [-0.05, 0) is 25.7 Å². The molecule has 0 aliphatic heterocycles. The first-order valence-corrected chi connectivity index (χ1v) is 13.4. The molecule has 23 heavy (non-hydrogen) atoms. The van der Waals surface area contributed by atoms with E-state index in [4.69, 9.17) is 65.3 Å². The fraction of sp³-hybridized carbons (Fsp3) is 1.00. The van der Waals surface area contributed by atoms with Gasteiger partial charge in [-0.15, -0.1) is 6.90 Å². The maximum atomic E-state index is 6.49. The number of nitrogens with zero attached hydrogens (tertiary/aromatic N) is 2. The number of hydrogen-bond acceptors (Lipinski definition) is 2. The molecule has 13 heteroatoms. The molecule has 16 radical (unpaired) electrons. The average Bonchev–Trinajstić information content (AvgIpc) is 2.39. The lowest BCUT2D eigenvalue weighted by atomic mass is 10.2. The largest absolute Gasteiger partial charge is 0.325 e. The first-order chi connectivity index (χ1) is 10.2. The standard InChI is InChI=1S/C10H20B8N2P3/c1-5-9(6-2,21(11,12)13)19-22(14,15)10(7-3,8-4)20-23(16,17)18/h5-8H2,1-4H3/q+1. The third kappa shape index (κ3) is 5.69. The zero-order valence-electron chi connectivity index (χ0n) is 14.7. The Morgan fingerprint density at radius 3 is 1.35 bits per heavy atom. The highest BCUT2D eigenvalue weighted by atomic mass is 31.2. The van der Waals surface area contributed by atoms with Gasteiger partial charge in [0.1, 0.15) is 43.1 Å². The van der Waals surface area contributed by atoms with Crippen molar-refractivity contribution in [3.05, 3.63) is 0 Å². The van der Waals surface area contributed by atoms with Crippen LogP contribution >= 0.6 is 20.4 Å². The highest BCUT2D eigenvalue weighted by molar-refractivity contribution is 8.30. The SMILES string of the molecule is [B]P([B])([B])=NC(CC)(CC)P([B])([B])=NC(CC)(CC)[P+]([B])([B])[B]. The first-order valence-electron chi connectivity index (χ1n) is 7.60. The molecule has 0 aromatic carbocycles. The lowest BCUT2D eigenvalue weighted by Gasteiger charge is -2.46. The number of rotatable bonds is 8. The van der Waals surface area contributed by atoms with Gasteiger partial charge in [0.2, 0.25) is 0 Å². The molecular formula is C10H20B8N2P3+. The van der Waals surface area contributed by atoms with Crippen molar-refractivity contribution in [1.82, 2.24) is 0 Å². The molecule has 0 saturated carbocycles. The topological polar surface area (TPSA) is 24.7 Å². The second-order valence-electron chi connectivity index (χ2n) is 5.95. The molecule has 0 unspecified atom stereocenters. The normalized spacial score (nSPS) is 14.4. The fourth-order valence-electron chi connectivity index (χ4n) is 2.71. The van der Waals surface area contributed by atoms with Gasteiger partial charge in [-0.1, -0.05) is 34.5 Å². The summed E-state index contributed by atoms with van der Waals surface area (Å²) in [6, 6.07) is 0. The Morgan fingerprint density at radius 1 is 0.739 bits per heavy atom. The highest BCUT2D eigenvalue weighted by Crippen LogP contribution is 2.68. The minimum Gasteiger partial charge on any atom is -0.322 e. The lowest BCUT2D eigenvalue weighted by molar-refractivity contribution is 0.550. The van der Waals surface area contributed by atoms with Crippen molar-refractivity contribution in [2.24, 2.45) is 9.49 Å². The minimum absolute atomic E-state index is 0.510. The predicted octanol–water partition coefficient (Wildman–Crippen LogP) is 3.11. The molecule has 0 saturated heterocycles. The molecule has 0 aliphatic rings. The lowest BCUT2D eigenvalue weighted by Crippen LogP contribution is -2.33. The summed E-state index contributed by atoms with van der Waals surface area (Å²) >= 11 is 0. The van der Waals surface area contributed by atoms with Gasteiger partial charge in [0, 0.05) is 0 Å². The Labute approximate surface area is 154 Å². The van der Waals surface area contributed by atoms with E-state index in [1.807, 2.05) is 27.7 Å².